The molecule has 0 aromatic heterocycles. The second-order valence-corrected chi connectivity index (χ2v) is 0.892. The molecule has 34 valence electrons. The van der Waals surface area contributed by atoms with Gasteiger partial charge in [0.1, 0.15) is 0 Å². The largest absolute Gasteiger partial charge is 0.193 e. The Morgan fingerprint density at radius 2 is 2.00 bits per heavy atom. The monoisotopic (exact) mass is 103 g/mol. The first-order valence-electron chi connectivity index (χ1n) is 1.33. The molecule has 0 rings (SSSR count). The summed E-state index contributed by atoms with van der Waals surface area (Å²) in [4.78, 5) is 0. The van der Waals surface area contributed by atoms with Crippen LogP contribution < -0.4 is 0 Å². The van der Waals surface area contributed by atoms with E-state index in [2.05, 4.69) is 6.58 Å². The Balaban J connectivity index is 0. The molecule has 0 N–H and O–H groups in total. The summed E-state index contributed by atoms with van der Waals surface area (Å²) in [5.74, 6) is 0. The Hall–Kier alpha value is -0.480. The van der Waals surface area contributed by atoms with Crippen molar-refractivity contribution in [2.45, 2.75) is 6.92 Å². The molecule has 0 fully saturated rings. The van der Waals surface area contributed by atoms with E-state index in [1.54, 1.807) is 6.92 Å². The normalized spacial score (nSPS) is 4.67. The van der Waals surface area contributed by atoms with Gasteiger partial charge in [0.15, 0.2) is 0 Å². The highest BCUT2D eigenvalue weighted by atomic mass is 35.5. The first-order valence-corrected chi connectivity index (χ1v) is 1.33. The lowest BCUT2D eigenvalue weighted by Gasteiger charge is -1.61. The predicted molar refractivity (Wildman–Crippen MR) is 27.7 cm³/mol. The maximum absolute atomic E-state index is 7.79. The fourth-order valence-corrected chi connectivity index (χ4v) is 0. The summed E-state index contributed by atoms with van der Waals surface area (Å²) in [6.45, 7) is 4.98. The van der Waals surface area contributed by atoms with Gasteiger partial charge in [0.25, 0.3) is 0 Å². The molecule has 0 saturated heterocycles. The average molecular weight is 104 g/mol. The van der Waals surface area contributed by atoms with Gasteiger partial charge < -0.3 is 0 Å². The maximum atomic E-state index is 7.79. The highest BCUT2D eigenvalue weighted by Crippen LogP contribution is 1.74. The molecule has 6 heavy (non-hydrogen) atoms. The molecule has 0 bridgehead atoms. The van der Waals surface area contributed by atoms with Crippen molar-refractivity contribution in [1.29, 1.82) is 5.26 Å². The zero-order valence-electron chi connectivity index (χ0n) is 3.56. The van der Waals surface area contributed by atoms with E-state index in [0.29, 0.717) is 5.57 Å². The van der Waals surface area contributed by atoms with E-state index >= 15 is 0 Å². The van der Waals surface area contributed by atoms with E-state index in [1.165, 1.54) is 0 Å². The van der Waals surface area contributed by atoms with Crippen LogP contribution in [0.5, 0.6) is 0 Å². The number of halogens is 1. The molecule has 0 spiro atoms. The molecule has 0 unspecified atom stereocenters. The van der Waals surface area contributed by atoms with Gasteiger partial charge in [0.05, 0.1) is 6.07 Å². The summed E-state index contributed by atoms with van der Waals surface area (Å²) in [6, 6.07) is 1.83. The molecular weight excluding hydrogens is 97.5 g/mol. The van der Waals surface area contributed by atoms with Crippen LogP contribution in [0.25, 0.3) is 0 Å². The third-order valence-corrected chi connectivity index (χ3v) is 0.191. The smallest absolute Gasteiger partial charge is 0.0937 e. The molecule has 2 heteroatoms. The second-order valence-electron chi connectivity index (χ2n) is 0.892. The van der Waals surface area contributed by atoms with Gasteiger partial charge in [-0.3, -0.25) is 0 Å². The van der Waals surface area contributed by atoms with Gasteiger partial charge in [-0.05, 0) is 6.92 Å². The summed E-state index contributed by atoms with van der Waals surface area (Å²) in [5, 5.41) is 7.79. The third kappa shape index (κ3) is 9.68. The number of hydrogen-bond donors (Lipinski definition) is 0. The highest BCUT2D eigenvalue weighted by Gasteiger charge is 1.64. The number of allylic oxidation sites excluding steroid dienone is 1. The van der Waals surface area contributed by atoms with Crippen LogP contribution in [0.3, 0.4) is 0 Å². The molecule has 0 aliphatic carbocycles. The van der Waals surface area contributed by atoms with Gasteiger partial charge in [0.2, 0.25) is 0 Å². The quantitative estimate of drug-likeness (QED) is 0.427. The lowest BCUT2D eigenvalue weighted by atomic mass is 10.4. The molecule has 0 amide bonds. The maximum Gasteiger partial charge on any atom is 0.0937 e. The predicted octanol–water partition coefficient (Wildman–Crippen LogP) is 1.51. The van der Waals surface area contributed by atoms with Crippen molar-refractivity contribution in [3.63, 3.8) is 0 Å². The Bertz CT molecular complexity index is 80.0. The van der Waals surface area contributed by atoms with E-state index in [-0.39, 0.29) is 12.4 Å². The molecule has 0 saturated carbocycles. The van der Waals surface area contributed by atoms with Crippen molar-refractivity contribution >= 4 is 12.4 Å². The number of rotatable bonds is 0. The van der Waals surface area contributed by atoms with Crippen LogP contribution in [0.1, 0.15) is 6.92 Å². The number of hydrogen-bond acceptors (Lipinski definition) is 1. The molecule has 0 aromatic rings. The third-order valence-electron chi connectivity index (χ3n) is 0.191. The van der Waals surface area contributed by atoms with Crippen LogP contribution in [-0.4, -0.2) is 0 Å². The second kappa shape index (κ2) is 4.52. The Labute approximate surface area is 43.7 Å². The molecular formula is C4H6ClN. The summed E-state index contributed by atoms with van der Waals surface area (Å²) < 4.78 is 0. The summed E-state index contributed by atoms with van der Waals surface area (Å²) in [7, 11) is 0. The highest BCUT2D eigenvalue weighted by molar-refractivity contribution is 5.85. The fraction of sp³-hybridized carbons (Fsp3) is 0.250. The first-order chi connectivity index (χ1) is 2.27. The molecule has 0 atom stereocenters. The van der Waals surface area contributed by atoms with Gasteiger partial charge >= 0.3 is 0 Å². The van der Waals surface area contributed by atoms with Crippen molar-refractivity contribution < 1.29 is 0 Å². The summed E-state index contributed by atoms with van der Waals surface area (Å²) in [6.07, 6.45) is 0. The van der Waals surface area contributed by atoms with Crippen molar-refractivity contribution in [3.05, 3.63) is 12.2 Å². The lowest BCUT2D eigenvalue weighted by Crippen LogP contribution is -1.51. The lowest BCUT2D eigenvalue weighted by molar-refractivity contribution is 1.46. The Morgan fingerprint density at radius 3 is 2.00 bits per heavy atom. The van der Waals surface area contributed by atoms with E-state index in [0.717, 1.165) is 0 Å². The number of nitrogens with zero attached hydrogens (tertiary/aromatic N) is 1. The zero-order valence-corrected chi connectivity index (χ0v) is 4.38. The van der Waals surface area contributed by atoms with E-state index in [1.807, 2.05) is 6.07 Å². The van der Waals surface area contributed by atoms with E-state index in [9.17, 15) is 0 Å². The molecule has 0 radical (unpaired) electrons. The molecule has 1 nitrogen and oxygen atoms in total. The van der Waals surface area contributed by atoms with Crippen LogP contribution in [0.4, 0.5) is 0 Å². The van der Waals surface area contributed by atoms with Crippen molar-refractivity contribution in [1.82, 2.24) is 0 Å². The topological polar surface area (TPSA) is 23.8 Å². The van der Waals surface area contributed by atoms with Crippen LogP contribution in [0.15, 0.2) is 12.2 Å². The summed E-state index contributed by atoms with van der Waals surface area (Å²) >= 11 is 0. The zero-order chi connectivity index (χ0) is 4.28. The first kappa shape index (κ1) is 9.10. The van der Waals surface area contributed by atoms with Crippen LogP contribution in [0, 0.1) is 11.3 Å². The van der Waals surface area contributed by atoms with E-state index in [4.69, 9.17) is 5.26 Å². The van der Waals surface area contributed by atoms with Crippen molar-refractivity contribution in [2.24, 2.45) is 0 Å². The molecule has 0 aliphatic rings. The van der Waals surface area contributed by atoms with E-state index < -0.39 is 0 Å². The molecule has 0 aliphatic heterocycles. The van der Waals surface area contributed by atoms with Crippen LogP contribution >= 0.6 is 12.4 Å². The molecule has 0 heterocycles. The van der Waals surface area contributed by atoms with Gasteiger partial charge in [-0.15, -0.1) is 12.4 Å². The van der Waals surface area contributed by atoms with Gasteiger partial charge in [0, 0.05) is 5.57 Å². The van der Waals surface area contributed by atoms with Crippen LogP contribution in [0.2, 0.25) is 0 Å². The standard InChI is InChI=1S/C4H5N.ClH/c1-4(2)3-5;/h1H2,2H3;1H. The van der Waals surface area contributed by atoms with Gasteiger partial charge in [-0.2, -0.15) is 5.26 Å². The van der Waals surface area contributed by atoms with Crippen molar-refractivity contribution in [3.8, 4) is 6.07 Å². The summed E-state index contributed by atoms with van der Waals surface area (Å²) in [5.41, 5.74) is 0.560. The van der Waals surface area contributed by atoms with Crippen molar-refractivity contribution in [2.75, 3.05) is 0 Å². The Kier molecular flexibility index (Phi) is 6.86. The minimum absolute atomic E-state index is 0. The minimum atomic E-state index is 0. The van der Waals surface area contributed by atoms with Gasteiger partial charge in [-0.25, -0.2) is 0 Å². The minimum Gasteiger partial charge on any atom is -0.193 e. The van der Waals surface area contributed by atoms with Gasteiger partial charge in [-0.1, -0.05) is 6.58 Å². The number of nitriles is 1. The molecule has 0 aromatic carbocycles. The fourth-order valence-electron chi connectivity index (χ4n) is 0. The average Bonchev–Trinajstić information content (AvgIpc) is 1.38. The van der Waals surface area contributed by atoms with Crippen LogP contribution in [-0.2, 0) is 0 Å². The SMILES string of the molecule is C=C(C)C#N.Cl. The Morgan fingerprint density at radius 1 is 1.83 bits per heavy atom.